The van der Waals surface area contributed by atoms with Crippen molar-refractivity contribution in [3.8, 4) is 11.5 Å². The van der Waals surface area contributed by atoms with Gasteiger partial charge >= 0.3 is 6.09 Å². The quantitative estimate of drug-likeness (QED) is 0.136. The van der Waals surface area contributed by atoms with E-state index in [0.29, 0.717) is 39.3 Å². The number of rotatable bonds is 13. The number of piperidine rings is 1. The molecule has 7 rings (SSSR count). The summed E-state index contributed by atoms with van der Waals surface area (Å²) in [5.74, 6) is 1.65. The Labute approximate surface area is 318 Å². The largest absolute Gasteiger partial charge is 0.497 e. The van der Waals surface area contributed by atoms with Crippen molar-refractivity contribution in [2.45, 2.75) is 56.5 Å². The van der Waals surface area contributed by atoms with E-state index in [4.69, 9.17) is 23.7 Å². The summed E-state index contributed by atoms with van der Waals surface area (Å²) in [5.41, 5.74) is 5.19. The van der Waals surface area contributed by atoms with Crippen molar-refractivity contribution < 1.29 is 33.3 Å². The van der Waals surface area contributed by atoms with E-state index < -0.39 is 18.2 Å². The number of fused-ring (bicyclic) bond motifs is 1. The minimum atomic E-state index is -0.712. The summed E-state index contributed by atoms with van der Waals surface area (Å²) in [6.45, 7) is 4.91. The normalized spacial score (nSPS) is 21.0. The van der Waals surface area contributed by atoms with Crippen molar-refractivity contribution in [1.82, 2.24) is 9.80 Å². The summed E-state index contributed by atoms with van der Waals surface area (Å²) in [7, 11) is 3.37. The number of ether oxygens (including phenoxy) is 5. The maximum Gasteiger partial charge on any atom is 0.410 e. The van der Waals surface area contributed by atoms with E-state index in [1.807, 2.05) is 89.8 Å². The lowest BCUT2D eigenvalue weighted by molar-refractivity contribution is -0.139. The fourth-order valence-electron chi connectivity index (χ4n) is 7.99. The molecule has 1 unspecified atom stereocenters. The van der Waals surface area contributed by atoms with Crippen molar-refractivity contribution in [3.05, 3.63) is 125 Å². The molecule has 3 aliphatic rings. The molecule has 0 bridgehead atoms. The smallest absolute Gasteiger partial charge is 0.410 e. The van der Waals surface area contributed by atoms with Crippen LogP contribution in [0.15, 0.2) is 103 Å². The molecule has 10 nitrogen and oxygen atoms in total. The van der Waals surface area contributed by atoms with E-state index >= 15 is 0 Å². The number of hydrogen-bond acceptors (Lipinski definition) is 8. The number of carbonyl (C=O) groups excluding carboxylic acids is 2. The maximum absolute atomic E-state index is 14.6. The first-order valence-electron chi connectivity index (χ1n) is 19.1. The summed E-state index contributed by atoms with van der Waals surface area (Å²) in [5, 5.41) is 0. The molecule has 54 heavy (non-hydrogen) atoms. The van der Waals surface area contributed by atoms with Gasteiger partial charge in [-0.25, -0.2) is 4.79 Å². The Bertz CT molecular complexity index is 1820. The van der Waals surface area contributed by atoms with Gasteiger partial charge in [-0.3, -0.25) is 9.69 Å². The second kappa shape index (κ2) is 17.8. The van der Waals surface area contributed by atoms with Crippen LogP contribution in [0.25, 0.3) is 0 Å². The van der Waals surface area contributed by atoms with Gasteiger partial charge in [0, 0.05) is 45.2 Å². The summed E-state index contributed by atoms with van der Waals surface area (Å²) < 4.78 is 29.5. The molecule has 0 aliphatic carbocycles. The standard InChI is InChI=1S/C44H51N3O7/c1-50-24-9-21-45-23-25-52-41-19-14-33(26-39(41)45)31-53-42-29-47(44(49)54-30-32-10-5-3-6-11-32)40(27-38(42)35-15-17-37(51-2)18-16-35)43(48)46-22-20-36(28-46)34-12-7-4-8-13-34/h3-8,10-19,26,36,38,40,42H,9,20-25,27-31H2,1-2H3/t36?,38-,40+,42+/m1/s1. The van der Waals surface area contributed by atoms with Gasteiger partial charge in [-0.1, -0.05) is 78.9 Å². The van der Waals surface area contributed by atoms with Crippen LogP contribution in [0.2, 0.25) is 0 Å². The number of methoxy groups -OCH3 is 2. The Morgan fingerprint density at radius 3 is 2.35 bits per heavy atom. The van der Waals surface area contributed by atoms with Gasteiger partial charge < -0.3 is 33.5 Å². The zero-order valence-electron chi connectivity index (χ0n) is 31.3. The molecule has 4 atom stereocenters. The fourth-order valence-corrected chi connectivity index (χ4v) is 7.99. The lowest BCUT2D eigenvalue weighted by Crippen LogP contribution is -2.58. The summed E-state index contributed by atoms with van der Waals surface area (Å²) >= 11 is 0. The molecule has 284 valence electrons. The summed E-state index contributed by atoms with van der Waals surface area (Å²) in [4.78, 5) is 34.5. The van der Waals surface area contributed by atoms with E-state index in [9.17, 15) is 9.59 Å². The molecule has 10 heteroatoms. The van der Waals surface area contributed by atoms with Crippen LogP contribution >= 0.6 is 0 Å². The molecule has 4 aromatic carbocycles. The highest BCUT2D eigenvalue weighted by Crippen LogP contribution is 2.38. The minimum absolute atomic E-state index is 0.0506. The first-order chi connectivity index (χ1) is 26.5. The van der Waals surface area contributed by atoms with Crippen molar-refractivity contribution in [2.75, 3.05) is 65.1 Å². The first-order valence-corrected chi connectivity index (χ1v) is 19.1. The number of benzene rings is 4. The van der Waals surface area contributed by atoms with E-state index in [1.54, 1.807) is 19.1 Å². The third-order valence-electron chi connectivity index (χ3n) is 10.9. The van der Waals surface area contributed by atoms with Crippen LogP contribution in [0, 0.1) is 0 Å². The second-order valence-corrected chi connectivity index (χ2v) is 14.3. The molecule has 0 aromatic heterocycles. The Kier molecular flexibility index (Phi) is 12.3. The topological polar surface area (TPSA) is 90.0 Å². The number of amides is 2. The lowest BCUT2D eigenvalue weighted by atomic mass is 9.82. The predicted octanol–water partition coefficient (Wildman–Crippen LogP) is 7.03. The molecule has 2 fully saturated rings. The van der Waals surface area contributed by atoms with Crippen LogP contribution in [0.4, 0.5) is 10.5 Å². The highest BCUT2D eigenvalue weighted by atomic mass is 16.6. The van der Waals surface area contributed by atoms with E-state index in [2.05, 4.69) is 23.1 Å². The van der Waals surface area contributed by atoms with E-state index in [-0.39, 0.29) is 30.9 Å². The predicted molar refractivity (Wildman–Crippen MR) is 207 cm³/mol. The van der Waals surface area contributed by atoms with Crippen LogP contribution in [0.5, 0.6) is 11.5 Å². The van der Waals surface area contributed by atoms with Gasteiger partial charge in [0.05, 0.1) is 38.6 Å². The molecule has 3 heterocycles. The molecule has 0 saturated carbocycles. The van der Waals surface area contributed by atoms with Gasteiger partial charge in [0.15, 0.2) is 0 Å². The lowest BCUT2D eigenvalue weighted by Gasteiger charge is -2.43. The molecular formula is C44H51N3O7. The van der Waals surface area contributed by atoms with Crippen molar-refractivity contribution in [1.29, 1.82) is 0 Å². The summed E-state index contributed by atoms with van der Waals surface area (Å²) in [6, 6.07) is 33.4. The van der Waals surface area contributed by atoms with Gasteiger partial charge in [-0.2, -0.15) is 0 Å². The summed E-state index contributed by atoms with van der Waals surface area (Å²) in [6.07, 6.45) is 1.27. The van der Waals surface area contributed by atoms with Gasteiger partial charge in [-0.05, 0) is 65.8 Å². The SMILES string of the molecule is COCCCN1CCOc2ccc(CO[C@H]3CN(C(=O)OCc4ccccc4)[C@H](C(=O)N4CCC(c5ccccc5)C4)C[C@@H]3c3ccc(OC)cc3)cc21. The minimum Gasteiger partial charge on any atom is -0.497 e. The fraction of sp³-hybridized carbons (Fsp3) is 0.409. The van der Waals surface area contributed by atoms with Crippen molar-refractivity contribution in [2.24, 2.45) is 0 Å². The number of carbonyl (C=O) groups is 2. The molecule has 2 amide bonds. The van der Waals surface area contributed by atoms with Crippen LogP contribution in [0.1, 0.15) is 53.4 Å². The van der Waals surface area contributed by atoms with E-state index in [0.717, 1.165) is 59.8 Å². The number of likely N-dealkylation sites (tertiary alicyclic amines) is 2. The first kappa shape index (κ1) is 37.3. The van der Waals surface area contributed by atoms with Crippen LogP contribution in [-0.2, 0) is 32.2 Å². The number of anilines is 1. The van der Waals surface area contributed by atoms with Gasteiger partial charge in [-0.15, -0.1) is 0 Å². The van der Waals surface area contributed by atoms with Crippen molar-refractivity contribution >= 4 is 17.7 Å². The average molecular weight is 734 g/mol. The molecule has 0 spiro atoms. The van der Waals surface area contributed by atoms with Gasteiger partial charge in [0.2, 0.25) is 5.91 Å². The van der Waals surface area contributed by atoms with Crippen LogP contribution in [-0.4, -0.2) is 94.1 Å². The molecule has 0 N–H and O–H groups in total. The Morgan fingerprint density at radius 2 is 1.59 bits per heavy atom. The monoisotopic (exact) mass is 733 g/mol. The highest BCUT2D eigenvalue weighted by Gasteiger charge is 2.45. The Balaban J connectivity index is 1.15. The highest BCUT2D eigenvalue weighted by molar-refractivity contribution is 5.86. The number of nitrogens with zero attached hydrogens (tertiary/aromatic N) is 3. The molecule has 2 saturated heterocycles. The Hall–Kier alpha value is -5.06. The third kappa shape index (κ3) is 8.83. The zero-order valence-corrected chi connectivity index (χ0v) is 31.3. The van der Waals surface area contributed by atoms with Gasteiger partial charge in [0.1, 0.15) is 30.8 Å². The second-order valence-electron chi connectivity index (χ2n) is 14.3. The molecule has 3 aliphatic heterocycles. The van der Waals surface area contributed by atoms with Crippen LogP contribution in [0.3, 0.4) is 0 Å². The van der Waals surface area contributed by atoms with Crippen LogP contribution < -0.4 is 14.4 Å². The van der Waals surface area contributed by atoms with E-state index in [1.165, 1.54) is 5.56 Å². The molecular weight excluding hydrogens is 682 g/mol. The molecule has 0 radical (unpaired) electrons. The zero-order chi connectivity index (χ0) is 37.3. The third-order valence-corrected chi connectivity index (χ3v) is 10.9. The van der Waals surface area contributed by atoms with Crippen molar-refractivity contribution in [3.63, 3.8) is 0 Å². The average Bonchev–Trinajstić information content (AvgIpc) is 3.73. The Morgan fingerprint density at radius 1 is 0.815 bits per heavy atom. The molecule has 4 aromatic rings. The maximum atomic E-state index is 14.6. The number of hydrogen-bond donors (Lipinski definition) is 0. The van der Waals surface area contributed by atoms with Gasteiger partial charge in [0.25, 0.3) is 0 Å².